The van der Waals surface area contributed by atoms with E-state index < -0.39 is 0 Å². The van der Waals surface area contributed by atoms with Crippen LogP contribution in [0.2, 0.25) is 0 Å². The Labute approximate surface area is 119 Å². The Hall–Kier alpha value is -2.05. The summed E-state index contributed by atoms with van der Waals surface area (Å²) < 4.78 is 0. The van der Waals surface area contributed by atoms with Gasteiger partial charge >= 0.3 is 5.97 Å². The van der Waals surface area contributed by atoms with Crippen LogP contribution >= 0.6 is 0 Å². The van der Waals surface area contributed by atoms with E-state index in [0.717, 1.165) is 12.8 Å². The second-order valence-electron chi connectivity index (χ2n) is 5.01. The molecule has 0 aromatic carbocycles. The maximum atomic E-state index is 11.7. The van der Waals surface area contributed by atoms with Gasteiger partial charge in [-0.1, -0.05) is 20.3 Å². The molecule has 1 atom stereocenters. The molecule has 1 aromatic rings. The number of anilines is 3. The van der Waals surface area contributed by atoms with Gasteiger partial charge < -0.3 is 15.9 Å². The maximum absolute atomic E-state index is 11.7. The van der Waals surface area contributed by atoms with E-state index >= 15 is 0 Å². The third-order valence-electron chi connectivity index (χ3n) is 2.61. The Balaban J connectivity index is 2.65. The molecule has 0 aliphatic heterocycles. The lowest BCUT2D eigenvalue weighted by Crippen LogP contribution is -2.20. The van der Waals surface area contributed by atoms with Gasteiger partial charge in [-0.3, -0.25) is 0 Å². The van der Waals surface area contributed by atoms with Gasteiger partial charge in [-0.05, 0) is 20.3 Å². The second kappa shape index (κ2) is 7.52. The maximum Gasteiger partial charge on any atom is 0.334 e. The zero-order valence-electron chi connectivity index (χ0n) is 12.4. The SMILES string of the molecule is CCCC(C)C(=O)ONc1nc(NC(C)C)ncc1N. The highest BCUT2D eigenvalue weighted by atomic mass is 16.7. The van der Waals surface area contributed by atoms with Crippen molar-refractivity contribution in [3.63, 3.8) is 0 Å². The molecule has 1 aromatic heterocycles. The van der Waals surface area contributed by atoms with Gasteiger partial charge in [-0.25, -0.2) is 9.78 Å². The van der Waals surface area contributed by atoms with Crippen LogP contribution in [0.3, 0.4) is 0 Å². The number of carbonyl (C=O) groups is 1. The number of nitrogen functional groups attached to an aromatic ring is 1. The first-order valence-corrected chi connectivity index (χ1v) is 6.79. The van der Waals surface area contributed by atoms with Crippen LogP contribution < -0.4 is 16.5 Å². The minimum Gasteiger partial charge on any atom is -0.394 e. The Morgan fingerprint density at radius 1 is 1.45 bits per heavy atom. The zero-order valence-corrected chi connectivity index (χ0v) is 12.4. The van der Waals surface area contributed by atoms with Crippen LogP contribution in [0.1, 0.15) is 40.5 Å². The van der Waals surface area contributed by atoms with E-state index in [1.807, 2.05) is 27.7 Å². The predicted octanol–water partition coefficient (Wildman–Crippen LogP) is 2.19. The molecular formula is C13H23N5O2. The van der Waals surface area contributed by atoms with Gasteiger partial charge in [0.05, 0.1) is 17.8 Å². The van der Waals surface area contributed by atoms with Crippen molar-refractivity contribution in [1.82, 2.24) is 9.97 Å². The average molecular weight is 281 g/mol. The lowest BCUT2D eigenvalue weighted by molar-refractivity contribution is -0.145. The first-order chi connectivity index (χ1) is 9.43. The monoisotopic (exact) mass is 281 g/mol. The van der Waals surface area contributed by atoms with Crippen LogP contribution in [0.4, 0.5) is 17.5 Å². The smallest absolute Gasteiger partial charge is 0.334 e. The van der Waals surface area contributed by atoms with E-state index in [0.29, 0.717) is 11.6 Å². The normalized spacial score (nSPS) is 12.1. The minimum atomic E-state index is -0.330. The summed E-state index contributed by atoms with van der Waals surface area (Å²) in [6.07, 6.45) is 3.16. The summed E-state index contributed by atoms with van der Waals surface area (Å²) in [4.78, 5) is 24.9. The summed E-state index contributed by atoms with van der Waals surface area (Å²) in [5.41, 5.74) is 8.55. The number of hydrogen-bond acceptors (Lipinski definition) is 7. The predicted molar refractivity (Wildman–Crippen MR) is 79.0 cm³/mol. The summed E-state index contributed by atoms with van der Waals surface area (Å²) in [6.45, 7) is 7.78. The van der Waals surface area contributed by atoms with Crippen molar-refractivity contribution in [3.05, 3.63) is 6.20 Å². The second-order valence-corrected chi connectivity index (χ2v) is 5.01. The largest absolute Gasteiger partial charge is 0.394 e. The topological polar surface area (TPSA) is 102 Å². The van der Waals surface area contributed by atoms with Crippen molar-refractivity contribution in [2.24, 2.45) is 5.92 Å². The molecule has 0 fully saturated rings. The number of nitrogens with zero attached hydrogens (tertiary/aromatic N) is 2. The molecule has 0 amide bonds. The molecule has 0 saturated carbocycles. The van der Waals surface area contributed by atoms with E-state index in [1.165, 1.54) is 6.20 Å². The first kappa shape index (κ1) is 16.0. The highest BCUT2D eigenvalue weighted by Gasteiger charge is 2.15. The summed E-state index contributed by atoms with van der Waals surface area (Å²) in [5, 5.41) is 3.04. The molecule has 0 bridgehead atoms. The van der Waals surface area contributed by atoms with Gasteiger partial charge in [0.2, 0.25) is 5.95 Å². The Bertz CT molecular complexity index is 450. The Kier molecular flexibility index (Phi) is 6.02. The lowest BCUT2D eigenvalue weighted by Gasteiger charge is -2.13. The first-order valence-electron chi connectivity index (χ1n) is 6.79. The molecule has 0 aliphatic carbocycles. The molecule has 112 valence electrons. The van der Waals surface area contributed by atoms with Crippen LogP contribution in [0.15, 0.2) is 6.20 Å². The number of nitrogens with one attached hydrogen (secondary N) is 2. The van der Waals surface area contributed by atoms with Crippen LogP contribution in [0.5, 0.6) is 0 Å². The van der Waals surface area contributed by atoms with Gasteiger partial charge in [-0.15, -0.1) is 0 Å². The molecule has 1 rings (SSSR count). The quantitative estimate of drug-likeness (QED) is 0.658. The van der Waals surface area contributed by atoms with Crippen molar-refractivity contribution >= 4 is 23.4 Å². The summed E-state index contributed by atoms with van der Waals surface area (Å²) >= 11 is 0. The van der Waals surface area contributed by atoms with E-state index in [2.05, 4.69) is 20.8 Å². The van der Waals surface area contributed by atoms with E-state index in [1.54, 1.807) is 0 Å². The summed E-state index contributed by atoms with van der Waals surface area (Å²) in [6, 6.07) is 0.193. The van der Waals surface area contributed by atoms with Gasteiger partial charge in [-0.2, -0.15) is 10.5 Å². The van der Waals surface area contributed by atoms with Crippen molar-refractivity contribution in [1.29, 1.82) is 0 Å². The molecule has 7 nitrogen and oxygen atoms in total. The Morgan fingerprint density at radius 2 is 2.15 bits per heavy atom. The van der Waals surface area contributed by atoms with Gasteiger partial charge in [0.15, 0.2) is 5.82 Å². The summed E-state index contributed by atoms with van der Waals surface area (Å²) in [5.74, 6) is 0.210. The van der Waals surface area contributed by atoms with E-state index in [4.69, 9.17) is 10.6 Å². The number of nitrogens with two attached hydrogens (primary N) is 1. The molecule has 0 aliphatic rings. The molecule has 1 unspecified atom stereocenters. The van der Waals surface area contributed by atoms with Crippen molar-refractivity contribution in [3.8, 4) is 0 Å². The third kappa shape index (κ3) is 4.91. The zero-order chi connectivity index (χ0) is 15.1. The number of carbonyl (C=O) groups excluding carboxylic acids is 1. The van der Waals surface area contributed by atoms with E-state index in [9.17, 15) is 4.79 Å². The molecule has 1 heterocycles. The Morgan fingerprint density at radius 3 is 2.75 bits per heavy atom. The van der Waals surface area contributed by atoms with Gasteiger partial charge in [0, 0.05) is 6.04 Å². The van der Waals surface area contributed by atoms with Crippen LogP contribution in [0, 0.1) is 5.92 Å². The molecule has 20 heavy (non-hydrogen) atoms. The van der Waals surface area contributed by atoms with E-state index in [-0.39, 0.29) is 23.7 Å². The van der Waals surface area contributed by atoms with Gasteiger partial charge in [0.1, 0.15) is 0 Å². The highest BCUT2D eigenvalue weighted by Crippen LogP contribution is 2.17. The van der Waals surface area contributed by atoms with Crippen molar-refractivity contribution in [2.75, 3.05) is 16.5 Å². The number of rotatable bonds is 7. The van der Waals surface area contributed by atoms with Crippen molar-refractivity contribution in [2.45, 2.75) is 46.6 Å². The molecule has 4 N–H and O–H groups in total. The molecule has 7 heteroatoms. The molecule has 0 radical (unpaired) electrons. The standard InChI is InChI=1S/C13H23N5O2/c1-5-6-9(4)12(19)20-18-11-10(14)7-15-13(17-11)16-8(2)3/h7-9H,5-6,14H2,1-4H3,(H2,15,16,17,18). The lowest BCUT2D eigenvalue weighted by atomic mass is 10.1. The fourth-order valence-electron chi connectivity index (χ4n) is 1.55. The third-order valence-corrected chi connectivity index (χ3v) is 2.61. The minimum absolute atomic E-state index is 0.163. The average Bonchev–Trinajstić information content (AvgIpc) is 2.38. The fraction of sp³-hybridized carbons (Fsp3) is 0.615. The highest BCUT2D eigenvalue weighted by molar-refractivity contribution is 5.73. The number of aromatic nitrogens is 2. The van der Waals surface area contributed by atoms with Crippen molar-refractivity contribution < 1.29 is 9.63 Å². The summed E-state index contributed by atoms with van der Waals surface area (Å²) in [7, 11) is 0. The molecule has 0 spiro atoms. The van der Waals surface area contributed by atoms with Crippen LogP contribution in [-0.2, 0) is 9.63 Å². The molecular weight excluding hydrogens is 258 g/mol. The molecule has 0 saturated heterocycles. The number of hydrogen-bond donors (Lipinski definition) is 3. The van der Waals surface area contributed by atoms with Crippen LogP contribution in [-0.4, -0.2) is 22.0 Å². The van der Waals surface area contributed by atoms with Crippen LogP contribution in [0.25, 0.3) is 0 Å². The van der Waals surface area contributed by atoms with Gasteiger partial charge in [0.25, 0.3) is 0 Å². The fourth-order valence-corrected chi connectivity index (χ4v) is 1.55.